The Labute approximate surface area is 29.5 Å². The molecule has 0 atom stereocenters. The number of carboxylic acid groups (broad SMARTS) is 1. The third-order valence-electron chi connectivity index (χ3n) is 0. The fourth-order valence-corrected chi connectivity index (χ4v) is 0. The minimum atomic E-state index is -1.11. The van der Waals surface area contributed by atoms with Gasteiger partial charge < -0.3 is 5.11 Å². The van der Waals surface area contributed by atoms with Crippen LogP contribution in [0.1, 0.15) is 0 Å². The van der Waals surface area contributed by atoms with Crippen LogP contribution in [0.5, 0.6) is 0 Å². The Bertz CT molecular complexity index is 44.9. The Hall–Kier alpha value is -0.240. The van der Waals surface area contributed by atoms with Crippen molar-refractivity contribution in [3.63, 3.8) is 0 Å². The molecule has 0 saturated carbocycles. The minimum absolute atomic E-state index is 1.11. The van der Waals surface area contributed by atoms with E-state index >= 15 is 0 Å². The molecule has 0 aliphatic carbocycles. The van der Waals surface area contributed by atoms with Gasteiger partial charge in [0.05, 0.1) is 0 Å². The first-order valence-corrected chi connectivity index (χ1v) is 0.975. The zero-order chi connectivity index (χ0) is 4.28. The number of hydrogen-bond donors (Lipinski definition) is 1. The Morgan fingerprint density at radius 2 is 2.75 bits per heavy atom. The van der Waals surface area contributed by atoms with E-state index in [0.29, 0.717) is 0 Å². The molecule has 24 valence electrons. The molecule has 0 aliphatic heterocycles. The van der Waals surface area contributed by atoms with Crippen molar-refractivity contribution in [2.75, 3.05) is 0 Å². The summed E-state index contributed by atoms with van der Waals surface area (Å²) in [7, 11) is 0. The lowest BCUT2D eigenvalue weighted by Crippen LogP contribution is -1.66. The molecule has 0 aromatic heterocycles. The molecule has 0 unspecified atom stereocenters. The molecule has 0 bridgehead atoms. The molecule has 3 heteroatoms. The van der Waals surface area contributed by atoms with Crippen LogP contribution in [0.25, 0.3) is 1.43 Å². The van der Waals surface area contributed by atoms with Crippen molar-refractivity contribution in [1.82, 2.24) is 0 Å². The van der Waals surface area contributed by atoms with Crippen molar-refractivity contribution in [3.05, 3.63) is 0 Å². The average molecular weight is 82.5 g/mol. The van der Waals surface area contributed by atoms with Crippen molar-refractivity contribution in [3.8, 4) is 0 Å². The molecular formula is CHClO2. The van der Waals surface area contributed by atoms with Crippen LogP contribution < -0.4 is 0 Å². The largest absolute Gasteiger partial charge is 0.469 e. The molecule has 0 aliphatic rings. The van der Waals surface area contributed by atoms with Crippen molar-refractivity contribution < 1.29 is 9.90 Å². The minimum Gasteiger partial charge on any atom is -0.469 e. The Balaban J connectivity index is 2.85. The first-order valence-electron chi connectivity index (χ1n) is 1.01. The summed E-state index contributed by atoms with van der Waals surface area (Å²) in [5, 5.41) is 3.13. The molecule has 0 heterocycles. The Kier molecular flexibility index (Phi) is 0.568. The smallest absolute Gasteiger partial charge is 0.401 e. The SMILES string of the molecule is [3H]OC(=O)Cl. The molecule has 0 radical (unpaired) electrons. The van der Waals surface area contributed by atoms with Gasteiger partial charge in [0.1, 0.15) is 0 Å². The molecule has 0 saturated heterocycles. The van der Waals surface area contributed by atoms with Gasteiger partial charge in [-0.3, -0.25) is 0 Å². The van der Waals surface area contributed by atoms with Gasteiger partial charge in [0.25, 0.3) is 1.43 Å². The van der Waals surface area contributed by atoms with Crippen LogP contribution in [-0.4, -0.2) is 10.5 Å². The molecule has 2 nitrogen and oxygen atoms in total. The number of rotatable bonds is 0. The van der Waals surface area contributed by atoms with Crippen LogP contribution in [0.4, 0.5) is 4.79 Å². The summed E-state index contributed by atoms with van der Waals surface area (Å²) in [5.41, 5.74) is -1.11. The highest BCUT2D eigenvalue weighted by molar-refractivity contribution is 6.60. The van der Waals surface area contributed by atoms with Gasteiger partial charge in [0, 0.05) is 11.6 Å². The van der Waals surface area contributed by atoms with Crippen LogP contribution in [0.3, 0.4) is 0 Å². The van der Waals surface area contributed by atoms with Crippen LogP contribution in [0.15, 0.2) is 0 Å². The molecule has 0 aromatic carbocycles. The van der Waals surface area contributed by atoms with E-state index in [0.717, 1.165) is 0 Å². The van der Waals surface area contributed by atoms with E-state index in [9.17, 15) is 0 Å². The van der Waals surface area contributed by atoms with Crippen molar-refractivity contribution in [2.45, 2.75) is 0 Å². The maximum Gasteiger partial charge on any atom is 0.401 e. The molecular weight excluding hydrogens is 79.5 g/mol. The molecule has 0 rings (SSSR count). The fourth-order valence-electron chi connectivity index (χ4n) is 0. The maximum atomic E-state index is 9.17. The van der Waals surface area contributed by atoms with Crippen molar-refractivity contribution >= 4 is 17.0 Å². The van der Waals surface area contributed by atoms with E-state index in [1.54, 1.807) is 0 Å². The van der Waals surface area contributed by atoms with Gasteiger partial charge in [-0.25, -0.2) is 4.79 Å². The molecule has 1 N–H and O–H groups in total. The summed E-state index contributed by atoms with van der Waals surface area (Å²) in [6, 6.07) is 0. The second-order valence-corrected chi connectivity index (χ2v) is 0.546. The topological polar surface area (TPSA) is 37.3 Å². The predicted octanol–water partition coefficient (Wildman–Crippen LogP) is 0.903. The number of halogens is 1. The van der Waals surface area contributed by atoms with Crippen molar-refractivity contribution in [1.29, 1.82) is 1.43 Å². The second-order valence-electron chi connectivity index (χ2n) is 0.238. The van der Waals surface area contributed by atoms with Gasteiger partial charge in [0.15, 0.2) is 0 Å². The summed E-state index contributed by atoms with van der Waals surface area (Å²) in [4.78, 5) is 9.17. The third kappa shape index (κ3) is 17.6. The summed E-state index contributed by atoms with van der Waals surface area (Å²) < 4.78 is 5.68. The third-order valence-corrected chi connectivity index (χ3v) is 0. The van der Waals surface area contributed by atoms with Crippen LogP contribution in [0.2, 0.25) is 0 Å². The predicted molar refractivity (Wildman–Crippen MR) is 13.9 cm³/mol. The molecule has 0 spiro atoms. The first-order chi connectivity index (χ1) is 2.27. The molecule has 4 heavy (non-hydrogen) atoms. The fraction of sp³-hybridized carbons (Fsp3) is 0. The lowest BCUT2D eigenvalue weighted by molar-refractivity contribution is 0.220. The molecule has 0 fully saturated rings. The van der Waals surface area contributed by atoms with Gasteiger partial charge in [-0.05, 0) is 0 Å². The van der Waals surface area contributed by atoms with Crippen LogP contribution in [0, 0.1) is 0 Å². The summed E-state index contributed by atoms with van der Waals surface area (Å²) in [6.07, 6.45) is 0. The number of hydrogen-bond acceptors (Lipinski definition) is 2. The lowest BCUT2D eigenvalue weighted by atomic mass is 11.6. The summed E-state index contributed by atoms with van der Waals surface area (Å²) in [6.45, 7) is 0. The quantitative estimate of drug-likeness (QED) is 0.441. The highest BCUT2D eigenvalue weighted by Crippen LogP contribution is 1.67. The number of carbonyl (C=O) groups is 1. The lowest BCUT2D eigenvalue weighted by Gasteiger charge is -1.55. The Morgan fingerprint density at radius 3 is 2.75 bits per heavy atom. The van der Waals surface area contributed by atoms with E-state index in [4.69, 9.17) is 6.23 Å². The van der Waals surface area contributed by atoms with Crippen LogP contribution >= 0.6 is 11.6 Å². The monoisotopic (exact) mass is 82.0 g/mol. The Morgan fingerprint density at radius 1 is 2.50 bits per heavy atom. The second kappa shape index (κ2) is 1.12. The van der Waals surface area contributed by atoms with E-state index in [1.165, 1.54) is 0 Å². The standard InChI is InChI=1S/CHClO2/c2-1(3)4/h(H,3,4)/i/hT. The highest BCUT2D eigenvalue weighted by atomic mass is 35.5. The average Bonchev–Trinajstić information content (AvgIpc) is 1.38. The van der Waals surface area contributed by atoms with Crippen LogP contribution in [-0.2, 0) is 0 Å². The van der Waals surface area contributed by atoms with Gasteiger partial charge in [0.2, 0.25) is 0 Å². The van der Waals surface area contributed by atoms with E-state index in [-0.39, 0.29) is 0 Å². The van der Waals surface area contributed by atoms with Crippen molar-refractivity contribution in [2.24, 2.45) is 0 Å². The van der Waals surface area contributed by atoms with E-state index < -0.39 is 5.43 Å². The normalized spacial score (nSPS) is 8.75. The first kappa shape index (κ1) is 2.03. The van der Waals surface area contributed by atoms with Gasteiger partial charge >= 0.3 is 5.43 Å². The van der Waals surface area contributed by atoms with Gasteiger partial charge in [-0.1, -0.05) is 0 Å². The highest BCUT2D eigenvalue weighted by Gasteiger charge is 1.71. The zero-order valence-electron chi connectivity index (χ0n) is 2.69. The van der Waals surface area contributed by atoms with E-state index in [1.807, 2.05) is 0 Å². The van der Waals surface area contributed by atoms with Gasteiger partial charge in [-0.2, -0.15) is 0 Å². The van der Waals surface area contributed by atoms with Gasteiger partial charge in [-0.15, -0.1) is 0 Å². The molecule has 0 aromatic rings. The maximum absolute atomic E-state index is 9.17. The zero-order valence-corrected chi connectivity index (χ0v) is 2.45. The molecule has 0 amide bonds. The van der Waals surface area contributed by atoms with E-state index in [2.05, 4.69) is 16.7 Å². The summed E-state index contributed by atoms with van der Waals surface area (Å²) >= 11 is 4.41. The summed E-state index contributed by atoms with van der Waals surface area (Å²) in [5.74, 6) is 0.